The Morgan fingerprint density at radius 1 is 1.25 bits per heavy atom. The standard InChI is InChI=1S/C26H32F2N4O3S/c1-26(27,28)16-34-25-31-20-15-32(13-11-22(20)36-25)12-10-17-6-8-18(9-7-17)29-23(33)14-24-30-19-4-2-3-5-21(19)35-24/h2-5,17-18H,6-16H2,1H3,(H,29,33)/t17-,18-. The Hall–Kier alpha value is -2.59. The first-order chi connectivity index (χ1) is 17.3. The second-order valence-electron chi connectivity index (χ2n) is 10.1. The number of oxazole rings is 1. The molecule has 0 radical (unpaired) electrons. The number of ether oxygens (including phenoxy) is 1. The van der Waals surface area contributed by atoms with Crippen molar-refractivity contribution in [1.82, 2.24) is 20.2 Å². The molecule has 0 bridgehead atoms. The molecule has 1 aliphatic carbocycles. The Kier molecular flexibility index (Phi) is 7.52. The van der Waals surface area contributed by atoms with E-state index in [0.29, 0.717) is 22.6 Å². The Balaban J connectivity index is 1.01. The van der Waals surface area contributed by atoms with Crippen molar-refractivity contribution in [2.45, 2.75) is 70.4 Å². The number of aromatic nitrogens is 2. The number of nitrogens with one attached hydrogen (secondary N) is 1. The molecule has 1 aromatic carbocycles. The van der Waals surface area contributed by atoms with Crippen LogP contribution in [0.1, 0.15) is 55.5 Å². The van der Waals surface area contributed by atoms with E-state index in [2.05, 4.69) is 20.2 Å². The molecule has 3 aromatic rings. The molecule has 0 spiro atoms. The van der Waals surface area contributed by atoms with E-state index in [1.807, 2.05) is 24.3 Å². The molecule has 2 aromatic heterocycles. The fourth-order valence-electron chi connectivity index (χ4n) is 5.04. The predicted molar refractivity (Wildman–Crippen MR) is 133 cm³/mol. The van der Waals surface area contributed by atoms with E-state index in [0.717, 1.165) is 81.2 Å². The maximum absolute atomic E-state index is 13.1. The van der Waals surface area contributed by atoms with Crippen molar-refractivity contribution in [1.29, 1.82) is 0 Å². The van der Waals surface area contributed by atoms with Crippen molar-refractivity contribution in [2.75, 3.05) is 19.7 Å². The number of nitrogens with zero attached hydrogens (tertiary/aromatic N) is 3. The van der Waals surface area contributed by atoms with Gasteiger partial charge in [-0.2, -0.15) is 0 Å². The molecule has 1 fully saturated rings. The molecule has 7 nitrogen and oxygen atoms in total. The van der Waals surface area contributed by atoms with Gasteiger partial charge < -0.3 is 14.5 Å². The minimum absolute atomic E-state index is 0.0385. The Morgan fingerprint density at radius 2 is 2.06 bits per heavy atom. The molecule has 194 valence electrons. The van der Waals surface area contributed by atoms with E-state index in [-0.39, 0.29) is 18.4 Å². The highest BCUT2D eigenvalue weighted by atomic mass is 32.1. The van der Waals surface area contributed by atoms with Crippen molar-refractivity contribution in [3.8, 4) is 5.19 Å². The summed E-state index contributed by atoms with van der Waals surface area (Å²) in [4.78, 5) is 24.9. The van der Waals surface area contributed by atoms with Crippen LogP contribution < -0.4 is 10.1 Å². The van der Waals surface area contributed by atoms with Crippen molar-refractivity contribution < 1.29 is 22.7 Å². The normalized spacial score (nSPS) is 20.9. The van der Waals surface area contributed by atoms with Gasteiger partial charge in [0.2, 0.25) is 11.8 Å². The summed E-state index contributed by atoms with van der Waals surface area (Å²) in [7, 11) is 0. The summed E-state index contributed by atoms with van der Waals surface area (Å²) in [5.74, 6) is -1.79. The lowest BCUT2D eigenvalue weighted by molar-refractivity contribution is -0.121. The van der Waals surface area contributed by atoms with Gasteiger partial charge in [-0.3, -0.25) is 9.69 Å². The van der Waals surface area contributed by atoms with Crippen LogP contribution in [0.2, 0.25) is 0 Å². The van der Waals surface area contributed by atoms with E-state index in [1.165, 1.54) is 11.3 Å². The van der Waals surface area contributed by atoms with Gasteiger partial charge in [0, 0.05) is 30.9 Å². The van der Waals surface area contributed by atoms with E-state index >= 15 is 0 Å². The van der Waals surface area contributed by atoms with Gasteiger partial charge in [0.25, 0.3) is 11.1 Å². The molecule has 0 atom stereocenters. The molecule has 3 heterocycles. The number of hydrogen-bond acceptors (Lipinski definition) is 7. The third-order valence-electron chi connectivity index (χ3n) is 6.95. The van der Waals surface area contributed by atoms with Crippen LogP contribution in [0.4, 0.5) is 8.78 Å². The molecule has 1 amide bonds. The number of carbonyl (C=O) groups excluding carboxylic acids is 1. The van der Waals surface area contributed by atoms with Gasteiger partial charge >= 0.3 is 0 Å². The van der Waals surface area contributed by atoms with Crippen molar-refractivity contribution in [2.24, 2.45) is 5.92 Å². The molecule has 1 N–H and O–H groups in total. The number of fused-ring (bicyclic) bond motifs is 2. The zero-order chi connectivity index (χ0) is 25.1. The topological polar surface area (TPSA) is 80.5 Å². The summed E-state index contributed by atoms with van der Waals surface area (Å²) < 4.78 is 37.0. The van der Waals surface area contributed by atoms with Gasteiger partial charge in [-0.15, -0.1) is 0 Å². The number of rotatable bonds is 9. The Bertz CT molecular complexity index is 1150. The maximum Gasteiger partial charge on any atom is 0.278 e. The van der Waals surface area contributed by atoms with Crippen LogP contribution in [-0.2, 0) is 24.2 Å². The smallest absolute Gasteiger partial charge is 0.278 e. The lowest BCUT2D eigenvalue weighted by Crippen LogP contribution is -2.39. The van der Waals surface area contributed by atoms with E-state index < -0.39 is 12.5 Å². The number of alkyl halides is 2. The van der Waals surface area contributed by atoms with Crippen LogP contribution in [0.25, 0.3) is 11.1 Å². The largest absolute Gasteiger partial charge is 0.464 e. The molecule has 36 heavy (non-hydrogen) atoms. The molecular formula is C26H32F2N4O3S. The van der Waals surface area contributed by atoms with Crippen molar-refractivity contribution >= 4 is 28.3 Å². The summed E-state index contributed by atoms with van der Waals surface area (Å²) in [6.07, 6.45) is 6.35. The lowest BCUT2D eigenvalue weighted by atomic mass is 9.84. The molecule has 10 heteroatoms. The molecule has 1 aliphatic heterocycles. The van der Waals surface area contributed by atoms with E-state index in [4.69, 9.17) is 9.15 Å². The van der Waals surface area contributed by atoms with Crippen molar-refractivity contribution in [3.63, 3.8) is 0 Å². The number of carbonyl (C=O) groups is 1. The predicted octanol–water partition coefficient (Wildman–Crippen LogP) is 4.98. The lowest BCUT2D eigenvalue weighted by Gasteiger charge is -2.31. The average Bonchev–Trinajstić information content (AvgIpc) is 3.44. The van der Waals surface area contributed by atoms with E-state index in [9.17, 15) is 13.6 Å². The highest BCUT2D eigenvalue weighted by Crippen LogP contribution is 2.32. The minimum Gasteiger partial charge on any atom is -0.464 e. The van der Waals surface area contributed by atoms with Gasteiger partial charge in [-0.25, -0.2) is 18.7 Å². The van der Waals surface area contributed by atoms with Crippen LogP contribution in [0, 0.1) is 5.92 Å². The maximum atomic E-state index is 13.1. The van der Waals surface area contributed by atoms with Crippen LogP contribution in [0.15, 0.2) is 28.7 Å². The molecule has 2 aliphatic rings. The molecule has 0 unspecified atom stereocenters. The second-order valence-corrected chi connectivity index (χ2v) is 11.1. The van der Waals surface area contributed by atoms with Gasteiger partial charge in [0.05, 0.1) is 5.69 Å². The highest BCUT2D eigenvalue weighted by Gasteiger charge is 2.27. The van der Waals surface area contributed by atoms with Gasteiger partial charge in [0.1, 0.15) is 11.9 Å². The molecule has 1 saturated carbocycles. The second kappa shape index (κ2) is 10.8. The zero-order valence-electron chi connectivity index (χ0n) is 20.5. The molecule has 5 rings (SSSR count). The first kappa shape index (κ1) is 25.1. The third-order valence-corrected chi connectivity index (χ3v) is 8.02. The quantitative estimate of drug-likeness (QED) is 0.430. The summed E-state index contributed by atoms with van der Waals surface area (Å²) in [6.45, 7) is 2.92. The van der Waals surface area contributed by atoms with Crippen LogP contribution in [0.5, 0.6) is 5.19 Å². The number of thiazole rings is 1. The first-order valence-corrected chi connectivity index (χ1v) is 13.5. The van der Waals surface area contributed by atoms with Gasteiger partial charge in [0.15, 0.2) is 12.2 Å². The highest BCUT2D eigenvalue weighted by molar-refractivity contribution is 7.13. The fraction of sp³-hybridized carbons (Fsp3) is 0.577. The van der Waals surface area contributed by atoms with E-state index in [1.54, 1.807) is 0 Å². The number of halogens is 2. The van der Waals surface area contributed by atoms with Crippen LogP contribution in [-0.4, -0.2) is 52.4 Å². The summed E-state index contributed by atoms with van der Waals surface area (Å²) in [5, 5.41) is 3.50. The number of amides is 1. The molecule has 0 saturated heterocycles. The number of benzene rings is 1. The Morgan fingerprint density at radius 3 is 2.83 bits per heavy atom. The van der Waals surface area contributed by atoms with Crippen LogP contribution in [0.3, 0.4) is 0 Å². The molecular weight excluding hydrogens is 486 g/mol. The average molecular weight is 519 g/mol. The number of para-hydroxylation sites is 2. The fourth-order valence-corrected chi connectivity index (χ4v) is 5.95. The minimum atomic E-state index is -2.86. The van der Waals surface area contributed by atoms with Crippen LogP contribution >= 0.6 is 11.3 Å². The summed E-state index contributed by atoms with van der Waals surface area (Å²) in [5.41, 5.74) is 2.44. The first-order valence-electron chi connectivity index (χ1n) is 12.7. The SMILES string of the molecule is CC(F)(F)COc1nc2c(s1)CCN(CC[C@H]1CC[C@H](NC(=O)Cc3nc4ccccc4o3)CC1)C2. The zero-order valence-corrected chi connectivity index (χ0v) is 21.3. The summed E-state index contributed by atoms with van der Waals surface area (Å²) >= 11 is 1.39. The third kappa shape index (κ3) is 6.59. The number of hydrogen-bond donors (Lipinski definition) is 1. The van der Waals surface area contributed by atoms with Gasteiger partial charge in [-0.05, 0) is 63.1 Å². The Labute approximate surface area is 213 Å². The monoisotopic (exact) mass is 518 g/mol. The summed E-state index contributed by atoms with van der Waals surface area (Å²) in [6, 6.07) is 7.74. The van der Waals surface area contributed by atoms with Gasteiger partial charge in [-0.1, -0.05) is 23.5 Å². The van der Waals surface area contributed by atoms with Crippen molar-refractivity contribution in [3.05, 3.63) is 40.7 Å².